The number of carboxylic acid groups (broad SMARTS) is 1. The van der Waals surface area contributed by atoms with Crippen molar-refractivity contribution in [2.75, 3.05) is 11.9 Å². The Morgan fingerprint density at radius 2 is 2.00 bits per heavy atom. The Labute approximate surface area is 120 Å². The van der Waals surface area contributed by atoms with Crippen LogP contribution in [0.25, 0.3) is 0 Å². The first-order valence-electron chi connectivity index (χ1n) is 5.76. The average Bonchev–Trinajstić information content (AvgIpc) is 2.34. The number of halogens is 1. The first-order chi connectivity index (χ1) is 9.40. The lowest BCUT2D eigenvalue weighted by Gasteiger charge is -2.10. The summed E-state index contributed by atoms with van der Waals surface area (Å²) in [6.45, 7) is 0.248. The molecule has 0 aliphatic carbocycles. The van der Waals surface area contributed by atoms with Crippen LogP contribution in [0.3, 0.4) is 0 Å². The van der Waals surface area contributed by atoms with E-state index in [1.54, 1.807) is 0 Å². The van der Waals surface area contributed by atoms with E-state index in [0.29, 0.717) is 11.4 Å². The number of benzene rings is 1. The maximum atomic E-state index is 11.6. The Hall–Kier alpha value is -2.28. The topological polar surface area (TPSA) is 122 Å². The van der Waals surface area contributed by atoms with E-state index in [4.69, 9.17) is 22.4 Å². The summed E-state index contributed by atoms with van der Waals surface area (Å²) in [5, 5.41) is 14.2. The van der Waals surface area contributed by atoms with Crippen LogP contribution < -0.4 is 16.4 Å². The lowest BCUT2D eigenvalue weighted by atomic mass is 10.2. The molecule has 0 atom stereocenters. The monoisotopic (exact) mass is 299 g/mol. The number of primary amides is 1. The van der Waals surface area contributed by atoms with Gasteiger partial charge in [0.15, 0.2) is 0 Å². The number of nitrogens with two attached hydrogens (primary N) is 1. The Kier molecular flexibility index (Phi) is 5.79. The predicted molar refractivity (Wildman–Crippen MR) is 73.9 cm³/mol. The molecule has 0 aromatic heterocycles. The van der Waals surface area contributed by atoms with Gasteiger partial charge in [0.1, 0.15) is 0 Å². The van der Waals surface area contributed by atoms with Crippen LogP contribution in [0.4, 0.5) is 10.5 Å². The molecule has 5 N–H and O–H groups in total. The summed E-state index contributed by atoms with van der Waals surface area (Å²) in [6.07, 6.45) is 0.571. The minimum atomic E-state index is -1.18. The lowest BCUT2D eigenvalue weighted by Crippen LogP contribution is -2.30. The fourth-order valence-corrected chi connectivity index (χ4v) is 1.61. The predicted octanol–water partition coefficient (Wildman–Crippen LogP) is 1.43. The molecule has 0 heterocycles. The number of carboxylic acids is 1. The number of amides is 3. The standard InChI is InChI=1S/C12H14ClN3O4/c13-7-3-4-8(11(18)19)9(6-7)16-12(20)15-5-1-2-10(14)17/h3-4,6H,1-2,5H2,(H2,14,17)(H,18,19)(H2,15,16,20). The maximum absolute atomic E-state index is 11.6. The summed E-state index contributed by atoms with van der Waals surface area (Å²) in [7, 11) is 0. The van der Waals surface area contributed by atoms with Crippen molar-refractivity contribution in [2.24, 2.45) is 5.73 Å². The number of rotatable bonds is 6. The quantitative estimate of drug-likeness (QED) is 0.593. The van der Waals surface area contributed by atoms with Crippen LogP contribution in [0, 0.1) is 0 Å². The van der Waals surface area contributed by atoms with Gasteiger partial charge in [0, 0.05) is 18.0 Å². The second-order valence-corrected chi connectivity index (χ2v) is 4.38. The van der Waals surface area contributed by atoms with Crippen molar-refractivity contribution in [2.45, 2.75) is 12.8 Å². The molecule has 7 nitrogen and oxygen atoms in total. The third-order valence-electron chi connectivity index (χ3n) is 2.35. The molecule has 0 saturated heterocycles. The van der Waals surface area contributed by atoms with E-state index >= 15 is 0 Å². The largest absolute Gasteiger partial charge is 0.478 e. The van der Waals surface area contributed by atoms with Gasteiger partial charge < -0.3 is 21.5 Å². The number of hydrogen-bond acceptors (Lipinski definition) is 3. The van der Waals surface area contributed by atoms with Gasteiger partial charge in [0.2, 0.25) is 5.91 Å². The molecule has 1 aromatic rings. The van der Waals surface area contributed by atoms with E-state index in [2.05, 4.69) is 10.6 Å². The van der Waals surface area contributed by atoms with Gasteiger partial charge in [-0.1, -0.05) is 11.6 Å². The third kappa shape index (κ3) is 5.15. The van der Waals surface area contributed by atoms with E-state index < -0.39 is 17.9 Å². The van der Waals surface area contributed by atoms with Crippen LogP contribution in [0.1, 0.15) is 23.2 Å². The molecule has 0 bridgehead atoms. The maximum Gasteiger partial charge on any atom is 0.337 e. The Morgan fingerprint density at radius 1 is 1.30 bits per heavy atom. The fourth-order valence-electron chi connectivity index (χ4n) is 1.44. The van der Waals surface area contributed by atoms with Gasteiger partial charge in [-0.15, -0.1) is 0 Å². The Balaban J connectivity index is 2.59. The van der Waals surface area contributed by atoms with Crippen LogP contribution >= 0.6 is 11.6 Å². The molecule has 108 valence electrons. The molecule has 0 fully saturated rings. The van der Waals surface area contributed by atoms with Crippen molar-refractivity contribution in [1.82, 2.24) is 5.32 Å². The average molecular weight is 300 g/mol. The second-order valence-electron chi connectivity index (χ2n) is 3.95. The Bertz CT molecular complexity index is 533. The summed E-state index contributed by atoms with van der Waals surface area (Å²) in [5.74, 6) is -1.62. The van der Waals surface area contributed by atoms with Gasteiger partial charge in [-0.3, -0.25) is 4.79 Å². The minimum Gasteiger partial charge on any atom is -0.478 e. The minimum absolute atomic E-state index is 0.0679. The van der Waals surface area contributed by atoms with Crippen LogP contribution in [0.2, 0.25) is 5.02 Å². The molecule has 8 heteroatoms. The molecule has 0 saturated carbocycles. The molecule has 0 spiro atoms. The second kappa shape index (κ2) is 7.34. The van der Waals surface area contributed by atoms with Gasteiger partial charge in [-0.2, -0.15) is 0 Å². The van der Waals surface area contributed by atoms with E-state index in [0.717, 1.165) is 0 Å². The fraction of sp³-hybridized carbons (Fsp3) is 0.250. The highest BCUT2D eigenvalue weighted by Crippen LogP contribution is 2.21. The summed E-state index contributed by atoms with van der Waals surface area (Å²) in [5.41, 5.74) is 4.98. The summed E-state index contributed by atoms with van der Waals surface area (Å²) in [4.78, 5) is 33.1. The van der Waals surface area contributed by atoms with Crippen molar-refractivity contribution >= 4 is 35.2 Å². The number of urea groups is 1. The first kappa shape index (κ1) is 15.8. The smallest absolute Gasteiger partial charge is 0.337 e. The highest BCUT2D eigenvalue weighted by atomic mass is 35.5. The van der Waals surface area contributed by atoms with Crippen molar-refractivity contribution in [3.63, 3.8) is 0 Å². The first-order valence-corrected chi connectivity index (χ1v) is 6.14. The SMILES string of the molecule is NC(=O)CCCNC(=O)Nc1cc(Cl)ccc1C(=O)O. The molecule has 3 amide bonds. The zero-order chi connectivity index (χ0) is 15.1. The molecule has 0 radical (unpaired) electrons. The van der Waals surface area contributed by atoms with Crippen LogP contribution in [0.5, 0.6) is 0 Å². The van der Waals surface area contributed by atoms with Gasteiger partial charge in [0.25, 0.3) is 0 Å². The van der Waals surface area contributed by atoms with E-state index in [9.17, 15) is 14.4 Å². The van der Waals surface area contributed by atoms with E-state index in [1.165, 1.54) is 18.2 Å². The van der Waals surface area contributed by atoms with Gasteiger partial charge >= 0.3 is 12.0 Å². The number of anilines is 1. The zero-order valence-electron chi connectivity index (χ0n) is 10.5. The zero-order valence-corrected chi connectivity index (χ0v) is 11.2. The summed E-state index contributed by atoms with van der Waals surface area (Å²) < 4.78 is 0. The molecular weight excluding hydrogens is 286 g/mol. The van der Waals surface area contributed by atoms with Crippen LogP contribution in [-0.4, -0.2) is 29.6 Å². The molecule has 1 rings (SSSR count). The van der Waals surface area contributed by atoms with Gasteiger partial charge in [-0.25, -0.2) is 9.59 Å². The summed E-state index contributed by atoms with van der Waals surface area (Å²) >= 11 is 5.75. The highest BCUT2D eigenvalue weighted by molar-refractivity contribution is 6.31. The molecule has 0 aliphatic rings. The molecule has 0 unspecified atom stereocenters. The number of nitrogens with one attached hydrogen (secondary N) is 2. The van der Waals surface area contributed by atoms with E-state index in [1.807, 2.05) is 0 Å². The highest BCUT2D eigenvalue weighted by Gasteiger charge is 2.12. The van der Waals surface area contributed by atoms with Crippen molar-refractivity contribution in [1.29, 1.82) is 0 Å². The number of carbonyl (C=O) groups excluding carboxylic acids is 2. The molecule has 1 aromatic carbocycles. The van der Waals surface area contributed by atoms with Crippen molar-refractivity contribution < 1.29 is 19.5 Å². The van der Waals surface area contributed by atoms with Crippen molar-refractivity contribution in [3.8, 4) is 0 Å². The van der Waals surface area contributed by atoms with Gasteiger partial charge in [0.05, 0.1) is 11.3 Å². The number of hydrogen-bond donors (Lipinski definition) is 4. The van der Waals surface area contributed by atoms with E-state index in [-0.39, 0.29) is 24.2 Å². The van der Waals surface area contributed by atoms with Gasteiger partial charge in [-0.05, 0) is 24.6 Å². The molecule has 20 heavy (non-hydrogen) atoms. The van der Waals surface area contributed by atoms with Crippen LogP contribution in [0.15, 0.2) is 18.2 Å². The Morgan fingerprint density at radius 3 is 2.60 bits per heavy atom. The normalized spacial score (nSPS) is 9.85. The molecular formula is C12H14ClN3O4. The number of aromatic carboxylic acids is 1. The third-order valence-corrected chi connectivity index (χ3v) is 2.58. The van der Waals surface area contributed by atoms with Crippen LogP contribution in [-0.2, 0) is 4.79 Å². The lowest BCUT2D eigenvalue weighted by molar-refractivity contribution is -0.118. The molecule has 0 aliphatic heterocycles. The summed E-state index contributed by atoms with van der Waals surface area (Å²) in [6, 6.07) is 3.47. The number of carbonyl (C=O) groups is 3. The van der Waals surface area contributed by atoms with Crippen molar-refractivity contribution in [3.05, 3.63) is 28.8 Å².